The van der Waals surface area contributed by atoms with Crippen molar-refractivity contribution in [2.24, 2.45) is 5.92 Å². The van der Waals surface area contributed by atoms with Crippen LogP contribution in [0, 0.1) is 5.92 Å². The van der Waals surface area contributed by atoms with Crippen molar-refractivity contribution in [3.05, 3.63) is 0 Å². The Morgan fingerprint density at radius 1 is 1.25 bits per heavy atom. The summed E-state index contributed by atoms with van der Waals surface area (Å²) in [7, 11) is 0. The monoisotopic (exact) mass is 245 g/mol. The van der Waals surface area contributed by atoms with Crippen LogP contribution in [0.25, 0.3) is 0 Å². The van der Waals surface area contributed by atoms with Gasteiger partial charge in [0, 0.05) is 11.8 Å². The molecule has 0 bridgehead atoms. The highest BCUT2D eigenvalue weighted by Crippen LogP contribution is 2.25. The van der Waals surface area contributed by atoms with E-state index in [0.29, 0.717) is 5.88 Å². The molecular formula is C13H24ClNO. The molecular weight excluding hydrogens is 222 g/mol. The van der Waals surface area contributed by atoms with Crippen LogP contribution in [0.3, 0.4) is 0 Å². The van der Waals surface area contributed by atoms with Gasteiger partial charge in [0.05, 0.1) is 5.54 Å². The molecule has 94 valence electrons. The number of amides is 1. The maximum atomic E-state index is 12.1. The standard InChI is InChI=1S/C13H24ClNO/c1-3-13(4-2,10-14)15-12(16)11-8-6-5-7-9-11/h11H,3-10H2,1-2H3,(H,15,16). The zero-order valence-electron chi connectivity index (χ0n) is 10.5. The third kappa shape index (κ3) is 3.38. The van der Waals surface area contributed by atoms with Crippen molar-refractivity contribution in [1.82, 2.24) is 5.32 Å². The summed E-state index contributed by atoms with van der Waals surface area (Å²) in [6, 6.07) is 0. The molecule has 0 unspecified atom stereocenters. The number of nitrogens with one attached hydrogen (secondary N) is 1. The molecule has 0 aliphatic heterocycles. The Hall–Kier alpha value is -0.240. The fourth-order valence-electron chi connectivity index (χ4n) is 2.38. The molecule has 0 aromatic carbocycles. The van der Waals surface area contributed by atoms with Gasteiger partial charge in [0.2, 0.25) is 5.91 Å². The van der Waals surface area contributed by atoms with Gasteiger partial charge in [0.1, 0.15) is 0 Å². The van der Waals surface area contributed by atoms with E-state index >= 15 is 0 Å². The Morgan fingerprint density at radius 3 is 2.25 bits per heavy atom. The Morgan fingerprint density at radius 2 is 1.81 bits per heavy atom. The fourth-order valence-corrected chi connectivity index (χ4v) is 2.82. The van der Waals surface area contributed by atoms with Gasteiger partial charge in [0.15, 0.2) is 0 Å². The predicted molar refractivity (Wildman–Crippen MR) is 68.8 cm³/mol. The predicted octanol–water partition coefficient (Wildman–Crippen LogP) is 3.48. The lowest BCUT2D eigenvalue weighted by Gasteiger charge is -2.33. The number of hydrogen-bond donors (Lipinski definition) is 1. The van der Waals surface area contributed by atoms with Crippen molar-refractivity contribution in [3.63, 3.8) is 0 Å². The van der Waals surface area contributed by atoms with Gasteiger partial charge in [0.25, 0.3) is 0 Å². The van der Waals surface area contributed by atoms with Crippen molar-refractivity contribution >= 4 is 17.5 Å². The minimum Gasteiger partial charge on any atom is -0.349 e. The Balaban J connectivity index is 2.53. The highest BCUT2D eigenvalue weighted by molar-refractivity contribution is 6.18. The molecule has 1 N–H and O–H groups in total. The van der Waals surface area contributed by atoms with Crippen LogP contribution in [-0.2, 0) is 4.79 Å². The van der Waals surface area contributed by atoms with Crippen molar-refractivity contribution in [1.29, 1.82) is 0 Å². The highest BCUT2D eigenvalue weighted by Gasteiger charge is 2.30. The average molecular weight is 246 g/mol. The van der Waals surface area contributed by atoms with Crippen LogP contribution < -0.4 is 5.32 Å². The van der Waals surface area contributed by atoms with Crippen LogP contribution >= 0.6 is 11.6 Å². The number of alkyl halides is 1. The van der Waals surface area contributed by atoms with Crippen molar-refractivity contribution in [3.8, 4) is 0 Å². The van der Waals surface area contributed by atoms with Gasteiger partial charge in [-0.1, -0.05) is 33.1 Å². The van der Waals surface area contributed by atoms with Crippen molar-refractivity contribution in [2.45, 2.75) is 64.3 Å². The van der Waals surface area contributed by atoms with E-state index in [9.17, 15) is 4.79 Å². The van der Waals surface area contributed by atoms with E-state index in [1.165, 1.54) is 19.3 Å². The summed E-state index contributed by atoms with van der Waals surface area (Å²) in [5, 5.41) is 3.18. The summed E-state index contributed by atoms with van der Waals surface area (Å²) < 4.78 is 0. The minimum absolute atomic E-state index is 0.184. The van der Waals surface area contributed by atoms with Gasteiger partial charge in [-0.25, -0.2) is 0 Å². The van der Waals surface area contributed by atoms with E-state index in [0.717, 1.165) is 25.7 Å². The number of carbonyl (C=O) groups excluding carboxylic acids is 1. The third-order valence-corrected chi connectivity index (χ3v) is 4.49. The van der Waals surface area contributed by atoms with Crippen LogP contribution in [0.5, 0.6) is 0 Å². The molecule has 1 aliphatic rings. The lowest BCUT2D eigenvalue weighted by atomic mass is 9.87. The van der Waals surface area contributed by atoms with Gasteiger partial charge in [-0.3, -0.25) is 4.79 Å². The number of halogens is 1. The molecule has 3 heteroatoms. The molecule has 1 aliphatic carbocycles. The van der Waals surface area contributed by atoms with Crippen molar-refractivity contribution in [2.75, 3.05) is 5.88 Å². The third-order valence-electron chi connectivity index (χ3n) is 3.97. The molecule has 1 amide bonds. The molecule has 0 radical (unpaired) electrons. The fraction of sp³-hybridized carbons (Fsp3) is 0.923. The maximum absolute atomic E-state index is 12.1. The van der Waals surface area contributed by atoms with Gasteiger partial charge in [-0.2, -0.15) is 0 Å². The van der Waals surface area contributed by atoms with Crippen LogP contribution in [0.1, 0.15) is 58.8 Å². The van der Waals surface area contributed by atoms with Gasteiger partial charge in [-0.05, 0) is 25.7 Å². The van der Waals surface area contributed by atoms with Crippen molar-refractivity contribution < 1.29 is 4.79 Å². The number of carbonyl (C=O) groups is 1. The lowest BCUT2D eigenvalue weighted by molar-refractivity contribution is -0.127. The summed E-state index contributed by atoms with van der Waals surface area (Å²) in [6.07, 6.45) is 7.60. The molecule has 1 saturated carbocycles. The largest absolute Gasteiger partial charge is 0.349 e. The second-order valence-corrected chi connectivity index (χ2v) is 5.21. The zero-order valence-corrected chi connectivity index (χ0v) is 11.3. The first-order chi connectivity index (χ1) is 7.67. The number of hydrogen-bond acceptors (Lipinski definition) is 1. The summed E-state index contributed by atoms with van der Waals surface area (Å²) in [5.74, 6) is 0.969. The topological polar surface area (TPSA) is 29.1 Å². The van der Waals surface area contributed by atoms with Gasteiger partial charge < -0.3 is 5.32 Å². The zero-order chi connectivity index (χ0) is 12.0. The molecule has 0 aromatic heterocycles. The number of rotatable bonds is 5. The summed E-state index contributed by atoms with van der Waals surface area (Å²) >= 11 is 5.99. The molecule has 2 nitrogen and oxygen atoms in total. The molecule has 16 heavy (non-hydrogen) atoms. The Bertz CT molecular complexity index is 212. The minimum atomic E-state index is -0.184. The molecule has 1 rings (SSSR count). The van der Waals surface area contributed by atoms with Crippen LogP contribution in [-0.4, -0.2) is 17.3 Å². The molecule has 0 spiro atoms. The normalized spacial score (nSPS) is 18.4. The lowest BCUT2D eigenvalue weighted by Crippen LogP contribution is -2.51. The van der Waals surface area contributed by atoms with Gasteiger partial charge >= 0.3 is 0 Å². The summed E-state index contributed by atoms with van der Waals surface area (Å²) in [5.41, 5.74) is -0.184. The molecule has 0 atom stereocenters. The van der Waals surface area contributed by atoms with Gasteiger partial charge in [-0.15, -0.1) is 11.6 Å². The molecule has 0 heterocycles. The van der Waals surface area contributed by atoms with E-state index in [-0.39, 0.29) is 17.4 Å². The SMILES string of the molecule is CCC(CC)(CCl)NC(=O)C1CCCCC1. The average Bonchev–Trinajstić information content (AvgIpc) is 2.37. The first kappa shape index (κ1) is 13.8. The van der Waals surface area contributed by atoms with E-state index in [4.69, 9.17) is 11.6 Å². The highest BCUT2D eigenvalue weighted by atomic mass is 35.5. The van der Waals surface area contributed by atoms with Crippen LogP contribution in [0.2, 0.25) is 0 Å². The van der Waals surface area contributed by atoms with Crippen LogP contribution in [0.15, 0.2) is 0 Å². The van der Waals surface area contributed by atoms with E-state index in [1.54, 1.807) is 0 Å². The molecule has 0 saturated heterocycles. The molecule has 1 fully saturated rings. The Kier molecular flexibility index (Phi) is 5.60. The molecule has 0 aromatic rings. The first-order valence-corrected chi connectivity index (χ1v) is 7.09. The van der Waals surface area contributed by atoms with Crippen LogP contribution in [0.4, 0.5) is 0 Å². The maximum Gasteiger partial charge on any atom is 0.223 e. The quantitative estimate of drug-likeness (QED) is 0.739. The van der Waals surface area contributed by atoms with E-state index in [1.807, 2.05) is 0 Å². The summed E-state index contributed by atoms with van der Waals surface area (Å²) in [6.45, 7) is 4.18. The second-order valence-electron chi connectivity index (χ2n) is 4.95. The smallest absolute Gasteiger partial charge is 0.223 e. The van der Waals surface area contributed by atoms with E-state index in [2.05, 4.69) is 19.2 Å². The summed E-state index contributed by atoms with van der Waals surface area (Å²) in [4.78, 5) is 12.1. The van der Waals surface area contributed by atoms with E-state index < -0.39 is 0 Å². The Labute approximate surface area is 104 Å². The second kappa shape index (κ2) is 6.48. The first-order valence-electron chi connectivity index (χ1n) is 6.55.